The Bertz CT molecular complexity index is 493. The third-order valence-corrected chi connectivity index (χ3v) is 3.24. The van der Waals surface area contributed by atoms with E-state index in [0.29, 0.717) is 11.4 Å². The average molecular weight is 293 g/mol. The van der Waals surface area contributed by atoms with Gasteiger partial charge in [0.25, 0.3) is 0 Å². The lowest BCUT2D eigenvalue weighted by molar-refractivity contribution is -0.119. The zero-order valence-corrected chi connectivity index (χ0v) is 13.9. The molecule has 0 aliphatic carbocycles. The maximum Gasteiger partial charge on any atom is 0.241 e. The predicted molar refractivity (Wildman–Crippen MR) is 86.4 cm³/mol. The minimum absolute atomic E-state index is 0.206. The van der Waals surface area contributed by atoms with E-state index in [1.54, 1.807) is 7.11 Å². The number of ether oxygens (including phenoxy) is 1. The molecular weight excluding hydrogens is 266 g/mol. The number of amides is 1. The van der Waals surface area contributed by atoms with Gasteiger partial charge in [-0.1, -0.05) is 26.8 Å². The summed E-state index contributed by atoms with van der Waals surface area (Å²) in [5.74, 6) is 0.426. The zero-order chi connectivity index (χ0) is 16.2. The molecule has 0 fully saturated rings. The van der Waals surface area contributed by atoms with Crippen molar-refractivity contribution in [2.75, 3.05) is 26.5 Å². The Hall–Kier alpha value is -1.59. The molecule has 118 valence electrons. The normalized spacial score (nSPS) is 13.1. The van der Waals surface area contributed by atoms with Gasteiger partial charge in [-0.2, -0.15) is 0 Å². The third-order valence-electron chi connectivity index (χ3n) is 3.24. The summed E-state index contributed by atoms with van der Waals surface area (Å²) in [5.41, 5.74) is 7.45. The van der Waals surface area contributed by atoms with Crippen molar-refractivity contribution in [1.29, 1.82) is 0 Å². The van der Waals surface area contributed by atoms with Crippen LogP contribution in [0.25, 0.3) is 0 Å². The Morgan fingerprint density at radius 3 is 2.48 bits per heavy atom. The van der Waals surface area contributed by atoms with Crippen LogP contribution in [0.1, 0.15) is 26.3 Å². The summed E-state index contributed by atoms with van der Waals surface area (Å²) in [6.45, 7) is 6.61. The van der Waals surface area contributed by atoms with Crippen molar-refractivity contribution in [2.24, 2.45) is 11.1 Å². The van der Waals surface area contributed by atoms with Crippen LogP contribution < -0.4 is 15.8 Å². The molecule has 1 amide bonds. The quantitative estimate of drug-likeness (QED) is 0.872. The summed E-state index contributed by atoms with van der Waals surface area (Å²) in [5, 5.41) is 2.87. The van der Waals surface area contributed by atoms with E-state index in [-0.39, 0.29) is 11.3 Å². The van der Waals surface area contributed by atoms with Crippen LogP contribution in [0.3, 0.4) is 0 Å². The smallest absolute Gasteiger partial charge is 0.241 e. The van der Waals surface area contributed by atoms with E-state index >= 15 is 0 Å². The lowest BCUT2D eigenvalue weighted by Crippen LogP contribution is -2.45. The van der Waals surface area contributed by atoms with E-state index in [0.717, 1.165) is 12.1 Å². The van der Waals surface area contributed by atoms with Gasteiger partial charge < -0.3 is 20.7 Å². The first kappa shape index (κ1) is 17.5. The van der Waals surface area contributed by atoms with E-state index in [1.807, 2.05) is 53.1 Å². The first-order valence-corrected chi connectivity index (χ1v) is 7.03. The van der Waals surface area contributed by atoms with Gasteiger partial charge >= 0.3 is 0 Å². The fourth-order valence-corrected chi connectivity index (χ4v) is 1.92. The van der Waals surface area contributed by atoms with Gasteiger partial charge in [0.15, 0.2) is 0 Å². The highest BCUT2D eigenvalue weighted by atomic mass is 16.5. The van der Waals surface area contributed by atoms with Crippen LogP contribution in [0.5, 0.6) is 5.75 Å². The Labute approximate surface area is 127 Å². The molecule has 0 spiro atoms. The first-order valence-electron chi connectivity index (χ1n) is 7.03. The minimum Gasteiger partial charge on any atom is -0.495 e. The zero-order valence-electron chi connectivity index (χ0n) is 13.9. The van der Waals surface area contributed by atoms with Crippen molar-refractivity contribution in [3.05, 3.63) is 23.8 Å². The van der Waals surface area contributed by atoms with Gasteiger partial charge in [-0.15, -0.1) is 0 Å². The first-order chi connectivity index (χ1) is 9.65. The summed E-state index contributed by atoms with van der Waals surface area (Å²) in [7, 11) is 5.58. The molecule has 1 aromatic rings. The third kappa shape index (κ3) is 5.02. The van der Waals surface area contributed by atoms with Crippen molar-refractivity contribution in [3.8, 4) is 5.75 Å². The van der Waals surface area contributed by atoms with E-state index in [9.17, 15) is 4.79 Å². The number of nitrogens with two attached hydrogens (primary N) is 1. The van der Waals surface area contributed by atoms with Gasteiger partial charge in [0.1, 0.15) is 5.75 Å². The molecule has 1 rings (SSSR count). The Morgan fingerprint density at radius 2 is 2.00 bits per heavy atom. The number of carbonyl (C=O) groups excluding carboxylic acids is 1. The Kier molecular flexibility index (Phi) is 5.75. The summed E-state index contributed by atoms with van der Waals surface area (Å²) < 4.78 is 5.30. The van der Waals surface area contributed by atoms with Gasteiger partial charge in [0, 0.05) is 6.54 Å². The van der Waals surface area contributed by atoms with Crippen LogP contribution in [-0.4, -0.2) is 38.1 Å². The standard InChI is InChI=1S/C16H27N3O2/c1-16(2,3)14(17)15(20)18-12-9-11(10-19(4)5)7-8-13(12)21-6/h7-9,14H,10,17H2,1-6H3,(H,18,20)/t14-/m0/s1. The second kappa shape index (κ2) is 6.91. The summed E-state index contributed by atoms with van der Waals surface area (Å²) in [4.78, 5) is 14.3. The molecular formula is C16H27N3O2. The van der Waals surface area contributed by atoms with Crippen LogP contribution in [0.4, 0.5) is 5.69 Å². The van der Waals surface area contributed by atoms with Crippen LogP contribution in [-0.2, 0) is 11.3 Å². The Balaban J connectivity index is 2.97. The summed E-state index contributed by atoms with van der Waals surface area (Å²) >= 11 is 0. The summed E-state index contributed by atoms with van der Waals surface area (Å²) in [6.07, 6.45) is 0. The van der Waals surface area contributed by atoms with Gasteiger partial charge in [-0.3, -0.25) is 4.79 Å². The van der Waals surface area contributed by atoms with Crippen molar-refractivity contribution in [2.45, 2.75) is 33.4 Å². The molecule has 0 heterocycles. The number of methoxy groups -OCH3 is 1. The molecule has 0 saturated heterocycles. The number of anilines is 1. The van der Waals surface area contributed by atoms with Gasteiger partial charge in [-0.05, 0) is 37.2 Å². The lowest BCUT2D eigenvalue weighted by atomic mass is 9.87. The van der Waals surface area contributed by atoms with Crippen molar-refractivity contribution in [1.82, 2.24) is 4.90 Å². The van der Waals surface area contributed by atoms with Crippen molar-refractivity contribution in [3.63, 3.8) is 0 Å². The molecule has 5 heteroatoms. The van der Waals surface area contributed by atoms with Gasteiger partial charge in [-0.25, -0.2) is 0 Å². The van der Waals surface area contributed by atoms with Gasteiger partial charge in [0.2, 0.25) is 5.91 Å². The second-order valence-electron chi connectivity index (χ2n) is 6.61. The number of hydrogen-bond acceptors (Lipinski definition) is 4. The number of rotatable bonds is 5. The molecule has 1 atom stereocenters. The maximum atomic E-state index is 12.3. The highest BCUT2D eigenvalue weighted by molar-refractivity contribution is 5.96. The lowest BCUT2D eigenvalue weighted by Gasteiger charge is -2.26. The molecule has 0 aromatic heterocycles. The second-order valence-corrected chi connectivity index (χ2v) is 6.61. The topological polar surface area (TPSA) is 67.6 Å². The van der Waals surface area contributed by atoms with E-state index < -0.39 is 6.04 Å². The van der Waals surface area contributed by atoms with Crippen LogP contribution >= 0.6 is 0 Å². The molecule has 0 aliphatic heterocycles. The average Bonchev–Trinajstić information content (AvgIpc) is 2.36. The summed E-state index contributed by atoms with van der Waals surface area (Å²) in [6, 6.07) is 5.18. The molecule has 3 N–H and O–H groups in total. The highest BCUT2D eigenvalue weighted by Gasteiger charge is 2.28. The molecule has 0 bridgehead atoms. The molecule has 21 heavy (non-hydrogen) atoms. The number of nitrogens with zero attached hydrogens (tertiary/aromatic N) is 1. The molecule has 1 aromatic carbocycles. The molecule has 0 saturated carbocycles. The fourth-order valence-electron chi connectivity index (χ4n) is 1.92. The van der Waals surface area contributed by atoms with Crippen molar-refractivity contribution >= 4 is 11.6 Å². The van der Waals surface area contributed by atoms with Crippen LogP contribution in [0, 0.1) is 5.41 Å². The number of benzene rings is 1. The molecule has 0 radical (unpaired) electrons. The van der Waals surface area contributed by atoms with Crippen LogP contribution in [0.15, 0.2) is 18.2 Å². The van der Waals surface area contributed by atoms with E-state index in [2.05, 4.69) is 10.2 Å². The number of carbonyl (C=O) groups is 1. The highest BCUT2D eigenvalue weighted by Crippen LogP contribution is 2.27. The molecule has 5 nitrogen and oxygen atoms in total. The fraction of sp³-hybridized carbons (Fsp3) is 0.562. The van der Waals surface area contributed by atoms with Gasteiger partial charge in [0.05, 0.1) is 18.8 Å². The largest absolute Gasteiger partial charge is 0.495 e. The van der Waals surface area contributed by atoms with Crippen molar-refractivity contribution < 1.29 is 9.53 Å². The SMILES string of the molecule is COc1ccc(CN(C)C)cc1NC(=O)[C@H](N)C(C)(C)C. The number of hydrogen-bond donors (Lipinski definition) is 2. The maximum absolute atomic E-state index is 12.3. The van der Waals surface area contributed by atoms with Crippen LogP contribution in [0.2, 0.25) is 0 Å². The predicted octanol–water partition coefficient (Wildman–Crippen LogP) is 2.07. The number of nitrogens with one attached hydrogen (secondary N) is 1. The molecule has 0 unspecified atom stereocenters. The van der Waals surface area contributed by atoms with E-state index in [4.69, 9.17) is 10.5 Å². The monoisotopic (exact) mass is 293 g/mol. The minimum atomic E-state index is -0.584. The molecule has 0 aliphatic rings. The Morgan fingerprint density at radius 1 is 1.38 bits per heavy atom. The van der Waals surface area contributed by atoms with E-state index in [1.165, 1.54) is 0 Å².